The van der Waals surface area contributed by atoms with Gasteiger partial charge in [0, 0.05) is 6.54 Å². The van der Waals surface area contributed by atoms with Crippen molar-refractivity contribution in [1.82, 2.24) is 25.1 Å². The summed E-state index contributed by atoms with van der Waals surface area (Å²) in [5.74, 6) is 3.00. The van der Waals surface area contributed by atoms with Crippen molar-refractivity contribution in [3.05, 3.63) is 59.9 Å². The second-order valence-electron chi connectivity index (χ2n) is 6.62. The number of hydrogen-bond acceptors (Lipinski definition) is 12. The molecule has 0 aliphatic rings. The smallest absolute Gasteiger partial charge is 0.232 e. The third-order valence-electron chi connectivity index (χ3n) is 4.39. The minimum absolute atomic E-state index is 0.136. The molecule has 0 aliphatic carbocycles. The number of aromatic nitrogens is 5. The van der Waals surface area contributed by atoms with Crippen LogP contribution in [-0.2, 0) is 12.3 Å². The topological polar surface area (TPSA) is 133 Å². The molecular formula is C21H22N8O2S2. The summed E-state index contributed by atoms with van der Waals surface area (Å²) in [5.41, 5.74) is 7.74. The van der Waals surface area contributed by atoms with E-state index in [-0.39, 0.29) is 5.95 Å². The lowest BCUT2D eigenvalue weighted by molar-refractivity contribution is 0.414. The van der Waals surface area contributed by atoms with Gasteiger partial charge in [-0.05, 0) is 29.8 Å². The molecule has 170 valence electrons. The Morgan fingerprint density at radius 2 is 1.79 bits per heavy atom. The first-order valence-electron chi connectivity index (χ1n) is 9.86. The molecule has 0 amide bonds. The van der Waals surface area contributed by atoms with E-state index in [1.54, 1.807) is 14.2 Å². The van der Waals surface area contributed by atoms with Crippen molar-refractivity contribution in [2.45, 2.75) is 16.6 Å². The molecule has 4 N–H and O–H groups in total. The first-order valence-corrected chi connectivity index (χ1v) is 11.7. The quantitative estimate of drug-likeness (QED) is 0.283. The van der Waals surface area contributed by atoms with Crippen LogP contribution in [0.15, 0.2) is 52.9 Å². The fourth-order valence-electron chi connectivity index (χ4n) is 2.81. The van der Waals surface area contributed by atoms with Crippen LogP contribution in [0.2, 0.25) is 0 Å². The van der Waals surface area contributed by atoms with Crippen molar-refractivity contribution in [2.24, 2.45) is 0 Å². The van der Waals surface area contributed by atoms with Crippen LogP contribution in [-0.4, -0.2) is 39.4 Å². The van der Waals surface area contributed by atoms with Crippen LogP contribution in [0.4, 0.5) is 22.7 Å². The third-order valence-corrected chi connectivity index (χ3v) is 6.40. The second-order valence-corrected chi connectivity index (χ2v) is 8.82. The van der Waals surface area contributed by atoms with Crippen molar-refractivity contribution in [1.29, 1.82) is 0 Å². The van der Waals surface area contributed by atoms with Crippen molar-refractivity contribution in [3.8, 4) is 11.5 Å². The average Bonchev–Trinajstić information content (AvgIpc) is 3.30. The number of benzene rings is 2. The van der Waals surface area contributed by atoms with Gasteiger partial charge in [0.15, 0.2) is 4.34 Å². The molecule has 4 rings (SSSR count). The lowest BCUT2D eigenvalue weighted by Crippen LogP contribution is -2.07. The molecule has 0 bridgehead atoms. The van der Waals surface area contributed by atoms with Gasteiger partial charge >= 0.3 is 0 Å². The van der Waals surface area contributed by atoms with Gasteiger partial charge in [-0.25, -0.2) is 0 Å². The molecule has 0 saturated heterocycles. The van der Waals surface area contributed by atoms with Crippen molar-refractivity contribution >= 4 is 45.8 Å². The number of hydrogen-bond donors (Lipinski definition) is 3. The van der Waals surface area contributed by atoms with E-state index in [0.717, 1.165) is 26.5 Å². The monoisotopic (exact) mass is 482 g/mol. The van der Waals surface area contributed by atoms with Gasteiger partial charge in [0.2, 0.25) is 17.0 Å². The fraction of sp³-hybridized carbons (Fsp3) is 0.190. The van der Waals surface area contributed by atoms with Gasteiger partial charge < -0.3 is 25.8 Å². The van der Waals surface area contributed by atoms with Gasteiger partial charge in [-0.2, -0.15) is 15.0 Å². The Labute approximate surface area is 199 Å². The van der Waals surface area contributed by atoms with Crippen LogP contribution in [0.25, 0.3) is 0 Å². The Morgan fingerprint density at radius 1 is 0.970 bits per heavy atom. The summed E-state index contributed by atoms with van der Waals surface area (Å²) in [4.78, 5) is 12.8. The van der Waals surface area contributed by atoms with E-state index in [1.165, 1.54) is 23.1 Å². The number of ether oxygens (including phenoxy) is 2. The van der Waals surface area contributed by atoms with E-state index >= 15 is 0 Å². The molecule has 12 heteroatoms. The maximum absolute atomic E-state index is 5.88. The van der Waals surface area contributed by atoms with Crippen LogP contribution in [0.5, 0.6) is 11.5 Å². The van der Waals surface area contributed by atoms with Crippen molar-refractivity contribution in [3.63, 3.8) is 0 Å². The van der Waals surface area contributed by atoms with Crippen molar-refractivity contribution in [2.75, 3.05) is 30.6 Å². The predicted octanol–water partition coefficient (Wildman–Crippen LogP) is 3.97. The van der Waals surface area contributed by atoms with E-state index in [9.17, 15) is 0 Å². The second kappa shape index (κ2) is 10.8. The summed E-state index contributed by atoms with van der Waals surface area (Å²) in [6.45, 7) is 0.644. The number of nitrogens with one attached hydrogen (secondary N) is 2. The molecule has 2 heterocycles. The highest BCUT2D eigenvalue weighted by atomic mass is 32.2. The zero-order valence-electron chi connectivity index (χ0n) is 18.0. The van der Waals surface area contributed by atoms with Gasteiger partial charge in [-0.3, -0.25) is 0 Å². The highest BCUT2D eigenvalue weighted by Crippen LogP contribution is 2.29. The van der Waals surface area contributed by atoms with Gasteiger partial charge in [0.05, 0.1) is 25.7 Å². The molecule has 0 radical (unpaired) electrons. The Hall–Kier alpha value is -3.64. The Morgan fingerprint density at radius 3 is 2.58 bits per heavy atom. The minimum Gasteiger partial charge on any atom is -0.497 e. The molecule has 0 aliphatic heterocycles. The maximum Gasteiger partial charge on any atom is 0.232 e. The molecule has 0 saturated carbocycles. The Bertz CT molecular complexity index is 1200. The number of thioether (sulfide) groups is 1. The number of para-hydroxylation sites is 2. The minimum atomic E-state index is 0.136. The summed E-state index contributed by atoms with van der Waals surface area (Å²) < 4.78 is 11.3. The van der Waals surface area contributed by atoms with Crippen LogP contribution >= 0.6 is 23.1 Å². The molecule has 2 aromatic carbocycles. The lowest BCUT2D eigenvalue weighted by atomic mass is 10.2. The van der Waals surface area contributed by atoms with E-state index in [1.807, 2.05) is 48.5 Å². The first-order chi connectivity index (χ1) is 16.1. The Balaban J connectivity index is 1.34. The fourth-order valence-corrected chi connectivity index (χ4v) is 4.42. The molecule has 10 nitrogen and oxygen atoms in total. The zero-order chi connectivity index (χ0) is 23.0. The van der Waals surface area contributed by atoms with Crippen LogP contribution < -0.4 is 25.8 Å². The van der Waals surface area contributed by atoms with E-state index < -0.39 is 0 Å². The summed E-state index contributed by atoms with van der Waals surface area (Å²) in [7, 11) is 3.25. The summed E-state index contributed by atoms with van der Waals surface area (Å²) in [6.07, 6.45) is 0. The van der Waals surface area contributed by atoms with Gasteiger partial charge in [0.25, 0.3) is 0 Å². The van der Waals surface area contributed by atoms with E-state index in [0.29, 0.717) is 29.8 Å². The highest BCUT2D eigenvalue weighted by molar-refractivity contribution is 8.00. The highest BCUT2D eigenvalue weighted by Gasteiger charge is 2.11. The number of methoxy groups -OCH3 is 2. The maximum atomic E-state index is 5.88. The molecule has 0 fully saturated rings. The molecule has 0 spiro atoms. The number of rotatable bonds is 10. The first kappa shape index (κ1) is 22.6. The zero-order valence-corrected chi connectivity index (χ0v) is 19.6. The number of nitrogen functional groups attached to an aromatic ring is 1. The van der Waals surface area contributed by atoms with Gasteiger partial charge in [0.1, 0.15) is 17.3 Å². The summed E-state index contributed by atoms with van der Waals surface area (Å²) >= 11 is 2.95. The number of nitrogens with zero attached hydrogens (tertiary/aromatic N) is 5. The largest absolute Gasteiger partial charge is 0.497 e. The predicted molar refractivity (Wildman–Crippen MR) is 130 cm³/mol. The summed E-state index contributed by atoms with van der Waals surface area (Å²) in [5, 5.41) is 15.6. The van der Waals surface area contributed by atoms with Crippen LogP contribution in [0.3, 0.4) is 0 Å². The molecule has 33 heavy (non-hydrogen) atoms. The normalized spacial score (nSPS) is 10.6. The molecule has 4 aromatic rings. The summed E-state index contributed by atoms with van der Waals surface area (Å²) in [6, 6.07) is 15.4. The third kappa shape index (κ3) is 6.20. The van der Waals surface area contributed by atoms with Gasteiger partial charge in [-0.1, -0.05) is 47.4 Å². The van der Waals surface area contributed by atoms with Crippen LogP contribution in [0.1, 0.15) is 11.4 Å². The average molecular weight is 483 g/mol. The molecule has 0 unspecified atom stereocenters. The van der Waals surface area contributed by atoms with Crippen molar-refractivity contribution < 1.29 is 9.47 Å². The van der Waals surface area contributed by atoms with Crippen LogP contribution in [0, 0.1) is 0 Å². The molecule has 2 aromatic heterocycles. The Kier molecular flexibility index (Phi) is 7.37. The SMILES string of the molecule is COc1ccc(CNc2nnc(SCc3nc(N)nc(Nc4ccccc4OC)n3)s2)cc1. The van der Waals surface area contributed by atoms with Gasteiger partial charge in [-0.15, -0.1) is 10.2 Å². The number of anilines is 4. The lowest BCUT2D eigenvalue weighted by Gasteiger charge is -2.10. The van der Waals surface area contributed by atoms with E-state index in [4.69, 9.17) is 15.2 Å². The van der Waals surface area contributed by atoms with E-state index in [2.05, 4.69) is 35.8 Å². The standard InChI is InChI=1S/C21H22N8O2S2/c1-30-14-9-7-13(8-10-14)11-23-20-28-29-21(33-20)32-12-17-25-18(22)27-19(26-17)24-15-5-3-4-6-16(15)31-2/h3-10H,11-12H2,1-2H3,(H,23,28)(H3,22,24,25,26,27). The number of nitrogens with two attached hydrogens (primary N) is 1. The molecular weight excluding hydrogens is 460 g/mol. The molecule has 0 atom stereocenters.